The Morgan fingerprint density at radius 2 is 1.90 bits per heavy atom. The number of amides is 1. The molecule has 0 aromatic carbocycles. The summed E-state index contributed by atoms with van der Waals surface area (Å²) < 4.78 is 39.3. The number of hydrogen-bond acceptors (Lipinski definition) is 2. The minimum Gasteiger partial charge on any atom is -0.341 e. The Hall–Kier alpha value is -1.24. The Balaban J connectivity index is 2.30. The van der Waals surface area contributed by atoms with E-state index in [1.54, 1.807) is 4.90 Å². The van der Waals surface area contributed by atoms with E-state index < -0.39 is 22.9 Å². The maximum atomic E-state index is 12.8. The van der Waals surface area contributed by atoms with Gasteiger partial charge in [0.2, 0.25) is 5.91 Å². The van der Waals surface area contributed by atoms with Crippen LogP contribution in [0.5, 0.6) is 0 Å². The molecule has 1 aromatic heterocycles. The van der Waals surface area contributed by atoms with E-state index in [1.165, 1.54) is 13.8 Å². The van der Waals surface area contributed by atoms with E-state index in [0.29, 0.717) is 13.1 Å². The van der Waals surface area contributed by atoms with Gasteiger partial charge in [-0.25, -0.2) is 0 Å². The Labute approximate surface area is 119 Å². The van der Waals surface area contributed by atoms with E-state index in [9.17, 15) is 18.0 Å². The Kier molecular flexibility index (Phi) is 4.00. The number of carbonyl (C=O) groups is 1. The maximum absolute atomic E-state index is 12.8. The van der Waals surface area contributed by atoms with Gasteiger partial charge in [0.05, 0.1) is 10.7 Å². The molecule has 0 saturated carbocycles. The van der Waals surface area contributed by atoms with Crippen molar-refractivity contribution in [3.8, 4) is 0 Å². The molecule has 0 N–H and O–H groups in total. The summed E-state index contributed by atoms with van der Waals surface area (Å²) in [5, 5.41) is 3.04. The van der Waals surface area contributed by atoms with Crippen LogP contribution in [-0.2, 0) is 11.0 Å². The molecule has 0 unspecified atom stereocenters. The highest BCUT2D eigenvalue weighted by atomic mass is 35.5. The van der Waals surface area contributed by atoms with Crippen LogP contribution in [0.3, 0.4) is 0 Å². The van der Waals surface area contributed by atoms with Crippen LogP contribution in [-0.4, -0.2) is 33.7 Å². The molecule has 1 amide bonds. The van der Waals surface area contributed by atoms with Gasteiger partial charge in [-0.1, -0.05) is 11.6 Å². The van der Waals surface area contributed by atoms with Crippen molar-refractivity contribution < 1.29 is 18.0 Å². The van der Waals surface area contributed by atoms with Crippen molar-refractivity contribution in [3.63, 3.8) is 0 Å². The third kappa shape index (κ3) is 2.63. The van der Waals surface area contributed by atoms with Crippen LogP contribution in [0.15, 0.2) is 0 Å². The van der Waals surface area contributed by atoms with Crippen LogP contribution in [0.1, 0.15) is 37.2 Å². The topological polar surface area (TPSA) is 38.1 Å². The van der Waals surface area contributed by atoms with Gasteiger partial charge in [-0.05, 0) is 26.7 Å². The van der Waals surface area contributed by atoms with Crippen molar-refractivity contribution in [2.75, 3.05) is 13.1 Å². The van der Waals surface area contributed by atoms with Gasteiger partial charge in [-0.3, -0.25) is 9.48 Å². The molecule has 1 saturated heterocycles. The van der Waals surface area contributed by atoms with E-state index in [4.69, 9.17) is 11.6 Å². The summed E-state index contributed by atoms with van der Waals surface area (Å²) in [6.07, 6.45) is -2.78. The summed E-state index contributed by atoms with van der Waals surface area (Å²) >= 11 is 5.68. The minimum atomic E-state index is -4.62. The van der Waals surface area contributed by atoms with Crippen LogP contribution in [0.4, 0.5) is 13.2 Å². The second kappa shape index (κ2) is 5.27. The Morgan fingerprint density at radius 3 is 2.35 bits per heavy atom. The van der Waals surface area contributed by atoms with E-state index in [2.05, 4.69) is 5.10 Å². The summed E-state index contributed by atoms with van der Waals surface area (Å²) in [4.78, 5) is 13.9. The van der Waals surface area contributed by atoms with Crippen LogP contribution in [0, 0.1) is 6.92 Å². The highest BCUT2D eigenvalue weighted by Gasteiger charge is 2.39. The van der Waals surface area contributed by atoms with E-state index in [1.807, 2.05) is 0 Å². The zero-order valence-electron chi connectivity index (χ0n) is 11.2. The quantitative estimate of drug-likeness (QED) is 0.842. The molecule has 0 aliphatic carbocycles. The van der Waals surface area contributed by atoms with E-state index in [0.717, 1.165) is 17.5 Å². The second-order valence-electron chi connectivity index (χ2n) is 4.90. The molecule has 1 aliphatic rings. The second-order valence-corrected chi connectivity index (χ2v) is 5.28. The van der Waals surface area contributed by atoms with Crippen LogP contribution >= 0.6 is 11.6 Å². The molecule has 0 spiro atoms. The number of alkyl halides is 3. The number of aromatic nitrogens is 2. The molecule has 4 nitrogen and oxygen atoms in total. The lowest BCUT2D eigenvalue weighted by molar-refractivity contribution is -0.142. The van der Waals surface area contributed by atoms with Crippen molar-refractivity contribution in [3.05, 3.63) is 16.4 Å². The fourth-order valence-electron chi connectivity index (χ4n) is 2.36. The zero-order valence-corrected chi connectivity index (χ0v) is 11.9. The van der Waals surface area contributed by atoms with Crippen molar-refractivity contribution in [1.82, 2.24) is 14.7 Å². The van der Waals surface area contributed by atoms with Gasteiger partial charge in [0.25, 0.3) is 0 Å². The molecule has 20 heavy (non-hydrogen) atoms. The van der Waals surface area contributed by atoms with Gasteiger partial charge in [-0.15, -0.1) is 0 Å². The number of nitrogens with zero attached hydrogens (tertiary/aromatic N) is 3. The normalized spacial score (nSPS) is 17.6. The molecule has 0 bridgehead atoms. The fourth-order valence-corrected chi connectivity index (χ4v) is 2.59. The lowest BCUT2D eigenvalue weighted by Crippen LogP contribution is -2.34. The van der Waals surface area contributed by atoms with E-state index in [-0.39, 0.29) is 11.6 Å². The monoisotopic (exact) mass is 309 g/mol. The molecule has 8 heteroatoms. The molecule has 1 aromatic rings. The van der Waals surface area contributed by atoms with Gasteiger partial charge in [0.15, 0.2) is 5.69 Å². The third-order valence-electron chi connectivity index (χ3n) is 3.49. The largest absolute Gasteiger partial charge is 0.436 e. The standard InChI is InChI=1S/C12H15ClF3N3O/c1-7-9(13)10(12(14,15)16)17-19(7)8(2)11(20)18-5-3-4-6-18/h8H,3-6H2,1-2H3/t8-/m1/s1. The number of carbonyl (C=O) groups excluding carboxylic acids is 1. The number of halogens is 4. The first kappa shape index (κ1) is 15.2. The summed E-state index contributed by atoms with van der Waals surface area (Å²) in [7, 11) is 0. The summed E-state index contributed by atoms with van der Waals surface area (Å²) in [6, 6.07) is -0.790. The smallest absolute Gasteiger partial charge is 0.341 e. The van der Waals surface area contributed by atoms with Gasteiger partial charge in [0.1, 0.15) is 6.04 Å². The lowest BCUT2D eigenvalue weighted by Gasteiger charge is -2.21. The highest BCUT2D eigenvalue weighted by Crippen LogP contribution is 2.36. The van der Waals surface area contributed by atoms with Crippen LogP contribution in [0.2, 0.25) is 5.02 Å². The first-order valence-corrected chi connectivity index (χ1v) is 6.72. The van der Waals surface area contributed by atoms with Crippen molar-refractivity contribution in [2.24, 2.45) is 0 Å². The van der Waals surface area contributed by atoms with E-state index >= 15 is 0 Å². The first-order valence-electron chi connectivity index (χ1n) is 6.34. The fraction of sp³-hybridized carbons (Fsp3) is 0.667. The zero-order chi connectivity index (χ0) is 15.1. The minimum absolute atomic E-state index is 0.152. The summed E-state index contributed by atoms with van der Waals surface area (Å²) in [6.45, 7) is 4.25. The molecule has 1 atom stereocenters. The third-order valence-corrected chi connectivity index (χ3v) is 3.94. The average molecular weight is 310 g/mol. The predicted molar refractivity (Wildman–Crippen MR) is 67.5 cm³/mol. The van der Waals surface area contributed by atoms with Crippen molar-refractivity contribution in [1.29, 1.82) is 0 Å². The average Bonchev–Trinajstić information content (AvgIpc) is 2.97. The van der Waals surface area contributed by atoms with Crippen molar-refractivity contribution >= 4 is 17.5 Å². The molecular formula is C12H15ClF3N3O. The molecule has 112 valence electrons. The molecule has 1 aliphatic heterocycles. The Morgan fingerprint density at radius 1 is 1.35 bits per heavy atom. The molecule has 1 fully saturated rings. The molecule has 2 heterocycles. The molecule has 0 radical (unpaired) electrons. The van der Waals surface area contributed by atoms with Gasteiger partial charge in [-0.2, -0.15) is 18.3 Å². The number of hydrogen-bond donors (Lipinski definition) is 0. The summed E-state index contributed by atoms with van der Waals surface area (Å²) in [5.41, 5.74) is -0.989. The van der Waals surface area contributed by atoms with Crippen LogP contribution in [0.25, 0.3) is 0 Å². The predicted octanol–water partition coefficient (Wildman–Crippen LogP) is 3.05. The van der Waals surface area contributed by atoms with Crippen LogP contribution < -0.4 is 0 Å². The first-order chi connectivity index (χ1) is 9.23. The van der Waals surface area contributed by atoms with Gasteiger partial charge in [0, 0.05) is 13.1 Å². The number of rotatable bonds is 2. The lowest BCUT2D eigenvalue weighted by atomic mass is 10.3. The number of likely N-dealkylation sites (tertiary alicyclic amines) is 1. The summed E-state index contributed by atoms with van der Waals surface area (Å²) in [5.74, 6) is -0.224. The van der Waals surface area contributed by atoms with Crippen molar-refractivity contribution in [2.45, 2.75) is 38.9 Å². The maximum Gasteiger partial charge on any atom is 0.436 e. The molecule has 2 rings (SSSR count). The van der Waals surface area contributed by atoms with Gasteiger partial charge >= 0.3 is 6.18 Å². The Bertz CT molecular complexity index is 521. The highest BCUT2D eigenvalue weighted by molar-refractivity contribution is 6.32. The molecular weight excluding hydrogens is 295 g/mol. The SMILES string of the molecule is Cc1c(Cl)c(C(F)(F)F)nn1[C@H](C)C(=O)N1CCCC1. The van der Waals surface area contributed by atoms with Gasteiger partial charge < -0.3 is 4.90 Å².